The smallest absolute Gasteiger partial charge is 0.339 e. The minimum Gasteiger partial charge on any atom is -0.496 e. The molecule has 1 aromatic heterocycles. The summed E-state index contributed by atoms with van der Waals surface area (Å²) in [7, 11) is 1.51. The van der Waals surface area contributed by atoms with Crippen LogP contribution in [0, 0.1) is 0 Å². The van der Waals surface area contributed by atoms with Crippen LogP contribution in [0.2, 0.25) is 0 Å². The van der Waals surface area contributed by atoms with Crippen LogP contribution in [0.4, 0.5) is 0 Å². The predicted molar refractivity (Wildman–Crippen MR) is 71.1 cm³/mol. The quantitative estimate of drug-likeness (QED) is 0.474. The van der Waals surface area contributed by atoms with Gasteiger partial charge in [-0.3, -0.25) is 0 Å². The molecule has 0 saturated carbocycles. The van der Waals surface area contributed by atoms with E-state index < -0.39 is 23.4 Å². The zero-order valence-electron chi connectivity index (χ0n) is 11.4. The van der Waals surface area contributed by atoms with Crippen LogP contribution in [0.3, 0.4) is 0 Å². The second kappa shape index (κ2) is 3.85. The summed E-state index contributed by atoms with van der Waals surface area (Å²) in [5.41, 5.74) is 0.0518. The average molecular weight is 288 g/mol. The monoisotopic (exact) mass is 288 g/mol. The zero-order chi connectivity index (χ0) is 14.8. The minimum atomic E-state index is -0.645. The van der Waals surface area contributed by atoms with E-state index in [-0.39, 0.29) is 5.97 Å². The lowest BCUT2D eigenvalue weighted by Crippen LogP contribution is -2.17. The third kappa shape index (κ3) is 1.62. The van der Waals surface area contributed by atoms with Crippen LogP contribution in [-0.4, -0.2) is 24.8 Å². The summed E-state index contributed by atoms with van der Waals surface area (Å²) in [5, 5.41) is 0.731. The normalized spacial score (nSPS) is 30.1. The highest BCUT2D eigenvalue weighted by Crippen LogP contribution is 2.56. The van der Waals surface area contributed by atoms with E-state index in [1.54, 1.807) is 18.2 Å². The molecule has 2 aliphatic rings. The van der Waals surface area contributed by atoms with Crippen LogP contribution in [0.15, 0.2) is 33.5 Å². The fraction of sp³-hybridized carbons (Fsp3) is 0.333. The fourth-order valence-corrected chi connectivity index (χ4v) is 2.86. The summed E-state index contributed by atoms with van der Waals surface area (Å²) < 4.78 is 21.3. The summed E-state index contributed by atoms with van der Waals surface area (Å²) in [5.74, 6) is 0.135. The van der Waals surface area contributed by atoms with Gasteiger partial charge in [-0.2, -0.15) is 0 Å². The molecule has 6 nitrogen and oxygen atoms in total. The maximum Gasteiger partial charge on any atom is 0.339 e. The van der Waals surface area contributed by atoms with Crippen molar-refractivity contribution in [2.45, 2.75) is 24.7 Å². The van der Waals surface area contributed by atoms with E-state index in [4.69, 9.17) is 18.6 Å². The summed E-state index contributed by atoms with van der Waals surface area (Å²) in [6.07, 6.45) is -1.03. The van der Waals surface area contributed by atoms with Crippen molar-refractivity contribution >= 4 is 16.9 Å². The molecule has 2 saturated heterocycles. The molecule has 3 atom stereocenters. The van der Waals surface area contributed by atoms with E-state index in [9.17, 15) is 9.59 Å². The van der Waals surface area contributed by atoms with Crippen LogP contribution in [0.1, 0.15) is 18.6 Å². The van der Waals surface area contributed by atoms with Crippen molar-refractivity contribution in [2.75, 3.05) is 7.11 Å². The van der Waals surface area contributed by atoms with E-state index in [1.165, 1.54) is 13.2 Å². The van der Waals surface area contributed by atoms with E-state index in [0.29, 0.717) is 16.9 Å². The highest BCUT2D eigenvalue weighted by atomic mass is 16.7. The Hall–Kier alpha value is -2.34. The van der Waals surface area contributed by atoms with Gasteiger partial charge in [-0.05, 0) is 19.1 Å². The van der Waals surface area contributed by atoms with Gasteiger partial charge in [0.25, 0.3) is 0 Å². The number of hydrogen-bond acceptors (Lipinski definition) is 6. The maximum atomic E-state index is 11.7. The molecular formula is C15H12O6. The van der Waals surface area contributed by atoms with Gasteiger partial charge < -0.3 is 18.6 Å². The number of methoxy groups -OCH3 is 1. The van der Waals surface area contributed by atoms with Gasteiger partial charge in [-0.25, -0.2) is 9.59 Å². The van der Waals surface area contributed by atoms with Crippen LogP contribution in [0.25, 0.3) is 11.0 Å². The van der Waals surface area contributed by atoms with Crippen LogP contribution in [0.5, 0.6) is 5.75 Å². The van der Waals surface area contributed by atoms with Crippen molar-refractivity contribution in [1.82, 2.24) is 0 Å². The van der Waals surface area contributed by atoms with Gasteiger partial charge in [0.05, 0.1) is 7.11 Å². The summed E-state index contributed by atoms with van der Waals surface area (Å²) in [6.45, 7) is 1.84. The molecular weight excluding hydrogens is 276 g/mol. The van der Waals surface area contributed by atoms with E-state index in [0.717, 1.165) is 5.39 Å². The molecule has 0 unspecified atom stereocenters. The standard InChI is InChI=1S/C15H12O6/c1-15-12(20-14(17)13(15)21-15)8-5-7-3-4-11(16)19-9(7)6-10(8)18-2/h3-6,12-13H,1-2H3/t12-,13-,15-/m0/s1. The molecule has 0 bridgehead atoms. The molecule has 3 heterocycles. The first-order valence-corrected chi connectivity index (χ1v) is 6.53. The average Bonchev–Trinajstić information content (AvgIpc) is 3.10. The SMILES string of the molecule is COc1cc2oc(=O)ccc2cc1[C@@H]1OC(=O)[C@@H]2O[C@]21C. The predicted octanol–water partition coefficient (Wildman–Crippen LogP) is 1.56. The molecule has 108 valence electrons. The Morgan fingerprint density at radius 1 is 1.19 bits per heavy atom. The summed E-state index contributed by atoms with van der Waals surface area (Å²) >= 11 is 0. The van der Waals surface area contributed by atoms with Crippen molar-refractivity contribution in [1.29, 1.82) is 0 Å². The Kier molecular flexibility index (Phi) is 2.28. The maximum absolute atomic E-state index is 11.7. The minimum absolute atomic E-state index is 0.357. The van der Waals surface area contributed by atoms with Crippen molar-refractivity contribution in [3.8, 4) is 5.75 Å². The Morgan fingerprint density at radius 2 is 2.00 bits per heavy atom. The number of benzene rings is 1. The van der Waals surface area contributed by atoms with E-state index >= 15 is 0 Å². The number of rotatable bonds is 2. The van der Waals surface area contributed by atoms with Crippen LogP contribution in [-0.2, 0) is 14.3 Å². The Bertz CT molecular complexity index is 823. The Morgan fingerprint density at radius 3 is 2.62 bits per heavy atom. The summed E-state index contributed by atoms with van der Waals surface area (Å²) in [6, 6.07) is 6.43. The molecule has 21 heavy (non-hydrogen) atoms. The van der Waals surface area contributed by atoms with Gasteiger partial charge in [0.15, 0.2) is 12.2 Å². The highest BCUT2D eigenvalue weighted by molar-refractivity contribution is 5.85. The molecule has 0 spiro atoms. The second-order valence-corrected chi connectivity index (χ2v) is 5.39. The molecule has 6 heteroatoms. The van der Waals surface area contributed by atoms with Gasteiger partial charge in [0.1, 0.15) is 16.9 Å². The van der Waals surface area contributed by atoms with Crippen molar-refractivity contribution in [3.05, 3.63) is 40.2 Å². The number of hydrogen-bond donors (Lipinski definition) is 0. The van der Waals surface area contributed by atoms with Crippen LogP contribution >= 0.6 is 0 Å². The van der Waals surface area contributed by atoms with Gasteiger partial charge in [0, 0.05) is 23.1 Å². The third-order valence-corrected chi connectivity index (χ3v) is 4.06. The zero-order valence-corrected chi connectivity index (χ0v) is 11.4. The molecule has 0 N–H and O–H groups in total. The van der Waals surface area contributed by atoms with Gasteiger partial charge >= 0.3 is 11.6 Å². The number of carbonyl (C=O) groups is 1. The fourth-order valence-electron chi connectivity index (χ4n) is 2.86. The van der Waals surface area contributed by atoms with Crippen molar-refractivity contribution < 1.29 is 23.4 Å². The van der Waals surface area contributed by atoms with E-state index in [1.807, 2.05) is 6.92 Å². The Balaban J connectivity index is 1.90. The molecule has 4 rings (SSSR count). The molecule has 2 aromatic rings. The number of epoxide rings is 1. The number of cyclic esters (lactones) is 1. The first kappa shape index (κ1) is 12.4. The largest absolute Gasteiger partial charge is 0.496 e. The van der Waals surface area contributed by atoms with Gasteiger partial charge in [0.2, 0.25) is 0 Å². The number of esters is 1. The first-order valence-electron chi connectivity index (χ1n) is 6.53. The lowest BCUT2D eigenvalue weighted by Gasteiger charge is -2.19. The number of ether oxygens (including phenoxy) is 3. The number of fused-ring (bicyclic) bond motifs is 2. The Labute approximate surface area is 119 Å². The molecule has 2 fully saturated rings. The topological polar surface area (TPSA) is 78.3 Å². The van der Waals surface area contributed by atoms with Gasteiger partial charge in [-0.15, -0.1) is 0 Å². The van der Waals surface area contributed by atoms with Crippen LogP contribution < -0.4 is 10.4 Å². The molecule has 2 aliphatic heterocycles. The van der Waals surface area contributed by atoms with Crippen molar-refractivity contribution in [2.24, 2.45) is 0 Å². The number of carbonyl (C=O) groups excluding carboxylic acids is 1. The lowest BCUT2D eigenvalue weighted by atomic mass is 9.94. The van der Waals surface area contributed by atoms with Gasteiger partial charge in [-0.1, -0.05) is 0 Å². The summed E-state index contributed by atoms with van der Waals surface area (Å²) in [4.78, 5) is 22.9. The lowest BCUT2D eigenvalue weighted by molar-refractivity contribution is -0.151. The third-order valence-electron chi connectivity index (χ3n) is 4.06. The highest BCUT2D eigenvalue weighted by Gasteiger charge is 2.70. The molecule has 0 radical (unpaired) electrons. The first-order chi connectivity index (χ1) is 10.0. The molecule has 1 aromatic carbocycles. The molecule has 0 amide bonds. The molecule has 0 aliphatic carbocycles. The second-order valence-electron chi connectivity index (χ2n) is 5.39. The van der Waals surface area contributed by atoms with E-state index in [2.05, 4.69) is 0 Å². The van der Waals surface area contributed by atoms with Crippen molar-refractivity contribution in [3.63, 3.8) is 0 Å².